The van der Waals surface area contributed by atoms with Gasteiger partial charge in [0.1, 0.15) is 5.69 Å². The van der Waals surface area contributed by atoms with Crippen LogP contribution in [-0.2, 0) is 10.1 Å². The van der Waals surface area contributed by atoms with Gasteiger partial charge in [0.2, 0.25) is 0 Å². The van der Waals surface area contributed by atoms with Crippen molar-refractivity contribution >= 4 is 33.4 Å². The first-order valence-electron chi connectivity index (χ1n) is 5.70. The van der Waals surface area contributed by atoms with Gasteiger partial charge in [0.25, 0.3) is 10.1 Å². The molecule has 0 atom stereocenters. The zero-order chi connectivity index (χ0) is 16.9. The predicted octanol–water partition coefficient (Wildman–Crippen LogP) is 0.0938. The largest absolute Gasteiger partial charge is 0.872 e. The van der Waals surface area contributed by atoms with Crippen LogP contribution in [0.5, 0.6) is 5.75 Å². The molecule has 0 aliphatic carbocycles. The van der Waals surface area contributed by atoms with Crippen molar-refractivity contribution in [2.75, 3.05) is 0 Å². The molecule has 2 aromatic rings. The second kappa shape index (κ2) is 8.46. The van der Waals surface area contributed by atoms with Crippen LogP contribution in [0.25, 0.3) is 0 Å². The first kappa shape index (κ1) is 20.8. The van der Waals surface area contributed by atoms with Gasteiger partial charge in [-0.3, -0.25) is 4.55 Å². The Kier molecular flexibility index (Phi) is 7.66. The van der Waals surface area contributed by atoms with E-state index in [0.29, 0.717) is 6.07 Å². The fourth-order valence-electron chi connectivity index (χ4n) is 1.32. The zero-order valence-electron chi connectivity index (χ0n) is 11.6. The van der Waals surface area contributed by atoms with Crippen LogP contribution < -0.4 is 10.8 Å². The molecule has 0 spiro atoms. The first-order valence-corrected chi connectivity index (χ1v) is 7.52. The zero-order valence-corrected chi connectivity index (χ0v) is 13.1. The van der Waals surface area contributed by atoms with Crippen LogP contribution >= 0.6 is 11.6 Å². The number of carboxylic acids is 1. The number of benzene rings is 2. The summed E-state index contributed by atoms with van der Waals surface area (Å²) in [6.07, 6.45) is 0. The second-order valence-corrected chi connectivity index (χ2v) is 5.92. The molecule has 0 aliphatic rings. The summed E-state index contributed by atoms with van der Waals surface area (Å²) in [6, 6.07) is 9.62. The smallest absolute Gasteiger partial charge is 0.335 e. The van der Waals surface area contributed by atoms with E-state index in [2.05, 4.69) is 5.73 Å². The molecule has 0 heterocycles. The molecule has 0 unspecified atom stereocenters. The molecular weight excluding hydrogens is 350 g/mol. The van der Waals surface area contributed by atoms with Crippen LogP contribution in [0.15, 0.2) is 47.4 Å². The van der Waals surface area contributed by atoms with Gasteiger partial charge in [-0.1, -0.05) is 23.4 Å². The van der Waals surface area contributed by atoms with E-state index in [1.54, 1.807) is 0 Å². The van der Waals surface area contributed by atoms with Crippen LogP contribution in [0.1, 0.15) is 10.4 Å². The van der Waals surface area contributed by atoms with E-state index < -0.39 is 32.3 Å². The average molecular weight is 364 g/mol. The van der Waals surface area contributed by atoms with Crippen LogP contribution in [0.2, 0.25) is 5.02 Å². The topological polar surface area (TPSA) is 174 Å². The molecule has 0 radical (unpaired) electrons. The van der Waals surface area contributed by atoms with Crippen LogP contribution in [0.3, 0.4) is 0 Å². The maximum Gasteiger partial charge on any atom is 0.335 e. The monoisotopic (exact) mass is 363 g/mol. The van der Waals surface area contributed by atoms with E-state index >= 15 is 0 Å². The molecule has 23 heavy (non-hydrogen) atoms. The van der Waals surface area contributed by atoms with Crippen molar-refractivity contribution in [3.8, 4) is 5.75 Å². The lowest BCUT2D eigenvalue weighted by molar-refractivity contribution is -0.268. The van der Waals surface area contributed by atoms with E-state index in [9.17, 15) is 18.3 Å². The molecule has 10 heteroatoms. The Hall–Kier alpha value is -2.17. The van der Waals surface area contributed by atoms with Gasteiger partial charge in [0.05, 0.1) is 10.5 Å². The maximum absolute atomic E-state index is 10.9. The van der Waals surface area contributed by atoms with Crippen LogP contribution in [0, 0.1) is 0 Å². The summed E-state index contributed by atoms with van der Waals surface area (Å²) in [4.78, 5) is 9.81. The van der Waals surface area contributed by atoms with Crippen molar-refractivity contribution in [3.63, 3.8) is 0 Å². The number of aromatic carboxylic acids is 1. The number of quaternary nitrogens is 1. The summed E-state index contributed by atoms with van der Waals surface area (Å²) in [5, 5.41) is 20.1. The lowest BCUT2D eigenvalue weighted by Gasteiger charge is -2.09. The Bertz CT molecular complexity index is 754. The highest BCUT2D eigenvalue weighted by atomic mass is 35.5. The van der Waals surface area contributed by atoms with Gasteiger partial charge >= 0.3 is 5.97 Å². The van der Waals surface area contributed by atoms with Crippen molar-refractivity contribution in [2.45, 2.75) is 4.90 Å². The Morgan fingerprint density at radius 2 is 1.65 bits per heavy atom. The van der Waals surface area contributed by atoms with Crippen molar-refractivity contribution in [3.05, 3.63) is 53.1 Å². The standard InChI is InChI=1S/C7H6O6S.C6H6ClN.H2O/c8-6-2-1-4(14(11,12)13)3-5(6)7(9)10;7-5-1-3-6(8)4-2-5;/h1-3,8H,(H,9,10)(H,11,12,13);1-4H,8H2;1H2. The fraction of sp³-hybridized carbons (Fsp3) is 0. The van der Waals surface area contributed by atoms with Gasteiger partial charge in [0.15, 0.2) is 0 Å². The number of hydrogen-bond acceptors (Lipinski definition) is 4. The molecule has 0 fully saturated rings. The molecule has 2 rings (SSSR count). The minimum atomic E-state index is -4.48. The molecule has 126 valence electrons. The quantitative estimate of drug-likeness (QED) is 0.637. The number of rotatable bonds is 2. The Labute approximate surface area is 136 Å². The van der Waals surface area contributed by atoms with Gasteiger partial charge in [0, 0.05) is 17.2 Å². The van der Waals surface area contributed by atoms with E-state index in [-0.39, 0.29) is 5.48 Å². The third kappa shape index (κ3) is 6.63. The minimum absolute atomic E-state index is 0. The molecule has 0 amide bonds. The third-order valence-corrected chi connectivity index (χ3v) is 3.49. The second-order valence-electron chi connectivity index (χ2n) is 4.06. The summed E-state index contributed by atoms with van der Waals surface area (Å²) in [5.74, 6) is -2.36. The SMILES string of the molecule is O.O=C(O)c1cc(S(=O)(=O)O)ccc1[O-].[NH3+]c1ccc(Cl)cc1. The summed E-state index contributed by atoms with van der Waals surface area (Å²) in [5.41, 5.74) is 4.00. The molecule has 0 aliphatic heterocycles. The van der Waals surface area contributed by atoms with Gasteiger partial charge < -0.3 is 21.4 Å². The summed E-state index contributed by atoms with van der Waals surface area (Å²) in [7, 11) is -4.48. The highest BCUT2D eigenvalue weighted by Gasteiger charge is 2.12. The predicted molar refractivity (Wildman–Crippen MR) is 80.3 cm³/mol. The molecule has 0 aromatic heterocycles. The van der Waals surface area contributed by atoms with Crippen LogP contribution in [0.4, 0.5) is 5.69 Å². The Balaban J connectivity index is 0.000000460. The minimum Gasteiger partial charge on any atom is -0.872 e. The summed E-state index contributed by atoms with van der Waals surface area (Å²) < 4.78 is 29.7. The van der Waals surface area contributed by atoms with E-state index in [1.165, 1.54) is 0 Å². The molecule has 8 nitrogen and oxygen atoms in total. The van der Waals surface area contributed by atoms with Crippen molar-refractivity contribution < 1.29 is 39.2 Å². The van der Waals surface area contributed by atoms with Gasteiger partial charge in [-0.25, -0.2) is 4.79 Å². The summed E-state index contributed by atoms with van der Waals surface area (Å²) >= 11 is 5.58. The lowest BCUT2D eigenvalue weighted by atomic mass is 10.2. The average Bonchev–Trinajstić information content (AvgIpc) is 2.41. The van der Waals surface area contributed by atoms with Crippen molar-refractivity contribution in [2.24, 2.45) is 0 Å². The molecule has 0 saturated carbocycles. The van der Waals surface area contributed by atoms with Gasteiger partial charge in [-0.2, -0.15) is 8.42 Å². The van der Waals surface area contributed by atoms with E-state index in [4.69, 9.17) is 21.3 Å². The molecule has 0 saturated heterocycles. The maximum atomic E-state index is 10.9. The van der Waals surface area contributed by atoms with Crippen molar-refractivity contribution in [1.29, 1.82) is 0 Å². The third-order valence-electron chi connectivity index (χ3n) is 2.39. The lowest BCUT2D eigenvalue weighted by Crippen LogP contribution is -2.39. The van der Waals surface area contributed by atoms with E-state index in [0.717, 1.165) is 22.8 Å². The number of halogens is 1. The normalized spacial score (nSPS) is 10.0. The number of carbonyl (C=O) groups is 1. The molecular formula is C13H14ClNO7S. The van der Waals surface area contributed by atoms with Gasteiger partial charge in [-0.05, 0) is 24.3 Å². The summed E-state index contributed by atoms with van der Waals surface area (Å²) in [6.45, 7) is 0. The first-order chi connectivity index (χ1) is 10.1. The highest BCUT2D eigenvalue weighted by molar-refractivity contribution is 7.85. The Morgan fingerprint density at radius 3 is 2.04 bits per heavy atom. The molecule has 7 N–H and O–H groups in total. The van der Waals surface area contributed by atoms with Crippen LogP contribution in [-0.4, -0.2) is 29.5 Å². The number of carboxylic acid groups (broad SMARTS) is 1. The van der Waals surface area contributed by atoms with E-state index in [1.807, 2.05) is 24.3 Å². The highest BCUT2D eigenvalue weighted by Crippen LogP contribution is 2.18. The number of hydrogen-bond donors (Lipinski definition) is 3. The fourth-order valence-corrected chi connectivity index (χ4v) is 1.95. The van der Waals surface area contributed by atoms with Gasteiger partial charge in [-0.15, -0.1) is 0 Å². The Morgan fingerprint density at radius 1 is 1.13 bits per heavy atom. The molecule has 2 aromatic carbocycles. The molecule has 0 bridgehead atoms. The van der Waals surface area contributed by atoms with Crippen molar-refractivity contribution in [1.82, 2.24) is 0 Å².